The maximum Gasteiger partial charge on any atom is 0.412 e. The molecule has 0 spiro atoms. The zero-order chi connectivity index (χ0) is 20.2. The Balaban J connectivity index is 1.53. The van der Waals surface area contributed by atoms with E-state index >= 15 is 0 Å². The molecule has 150 valence electrons. The molecule has 1 aromatic heterocycles. The molecule has 1 unspecified atom stereocenters. The van der Waals surface area contributed by atoms with Crippen molar-refractivity contribution in [3.05, 3.63) is 54.7 Å². The number of piperidine rings is 1. The van der Waals surface area contributed by atoms with Gasteiger partial charge in [0.15, 0.2) is 5.75 Å². The minimum Gasteiger partial charge on any atom is -0.408 e. The van der Waals surface area contributed by atoms with Crippen LogP contribution in [0.1, 0.15) is 19.3 Å². The van der Waals surface area contributed by atoms with Crippen LogP contribution in [0.4, 0.5) is 10.5 Å². The second kappa shape index (κ2) is 8.49. The minimum absolute atomic E-state index is 0.360. The van der Waals surface area contributed by atoms with Gasteiger partial charge < -0.3 is 20.7 Å². The number of rotatable bonds is 4. The van der Waals surface area contributed by atoms with Gasteiger partial charge in [-0.1, -0.05) is 42.8 Å². The van der Waals surface area contributed by atoms with E-state index in [0.717, 1.165) is 35.0 Å². The molecule has 1 saturated heterocycles. The summed E-state index contributed by atoms with van der Waals surface area (Å²) in [4.78, 5) is 19.3. The third-order valence-electron chi connectivity index (χ3n) is 5.55. The zero-order valence-corrected chi connectivity index (χ0v) is 16.6. The summed E-state index contributed by atoms with van der Waals surface area (Å²) in [7, 11) is 2.10. The molecule has 1 atom stereocenters. The number of amides is 1. The van der Waals surface area contributed by atoms with Crippen LogP contribution in [0.2, 0.25) is 0 Å². The number of likely N-dealkylation sites (N-methyl/N-ethyl adjacent to an activating group) is 1. The van der Waals surface area contributed by atoms with Gasteiger partial charge in [-0.25, -0.2) is 4.79 Å². The van der Waals surface area contributed by atoms with Crippen molar-refractivity contribution in [3.63, 3.8) is 0 Å². The number of nitrogen functional groups attached to an aromatic ring is 1. The summed E-state index contributed by atoms with van der Waals surface area (Å²) in [6, 6.07) is 15.8. The molecule has 6 nitrogen and oxygen atoms in total. The molecule has 1 aliphatic heterocycles. The van der Waals surface area contributed by atoms with Gasteiger partial charge in [-0.2, -0.15) is 0 Å². The van der Waals surface area contributed by atoms with Crippen molar-refractivity contribution < 1.29 is 9.53 Å². The number of likely N-dealkylation sites (tertiary alicyclic amines) is 1. The first-order valence-electron chi connectivity index (χ1n) is 10.0. The third kappa shape index (κ3) is 4.32. The van der Waals surface area contributed by atoms with Gasteiger partial charge in [-0.15, -0.1) is 0 Å². The Labute approximate surface area is 170 Å². The van der Waals surface area contributed by atoms with E-state index in [4.69, 9.17) is 10.5 Å². The first-order chi connectivity index (χ1) is 14.1. The summed E-state index contributed by atoms with van der Waals surface area (Å²) in [5.74, 6) is 0.453. The summed E-state index contributed by atoms with van der Waals surface area (Å²) in [6.07, 6.45) is 4.68. The lowest BCUT2D eigenvalue weighted by Gasteiger charge is -2.32. The second-order valence-electron chi connectivity index (χ2n) is 7.54. The first kappa shape index (κ1) is 19.2. The fraction of sp³-hybridized carbons (Fsp3) is 0.304. The highest BCUT2D eigenvalue weighted by molar-refractivity contribution is 5.98. The van der Waals surface area contributed by atoms with Crippen molar-refractivity contribution in [1.29, 1.82) is 0 Å². The van der Waals surface area contributed by atoms with E-state index in [9.17, 15) is 4.79 Å². The molecule has 2 aromatic carbocycles. The van der Waals surface area contributed by atoms with E-state index in [-0.39, 0.29) is 0 Å². The number of ether oxygens (including phenoxy) is 1. The van der Waals surface area contributed by atoms with Crippen LogP contribution in [0.3, 0.4) is 0 Å². The molecular weight excluding hydrogens is 364 g/mol. The van der Waals surface area contributed by atoms with Gasteiger partial charge in [0, 0.05) is 34.6 Å². The highest BCUT2D eigenvalue weighted by Crippen LogP contribution is 2.32. The predicted molar refractivity (Wildman–Crippen MR) is 116 cm³/mol. The molecule has 1 fully saturated rings. The number of hydrogen-bond donors (Lipinski definition) is 2. The number of carbonyl (C=O) groups is 1. The lowest BCUT2D eigenvalue weighted by molar-refractivity contribution is 0.169. The average molecular weight is 390 g/mol. The predicted octanol–water partition coefficient (Wildman–Crippen LogP) is 4.06. The van der Waals surface area contributed by atoms with E-state index in [0.29, 0.717) is 24.0 Å². The van der Waals surface area contributed by atoms with E-state index in [2.05, 4.69) is 22.2 Å². The van der Waals surface area contributed by atoms with Crippen molar-refractivity contribution in [3.8, 4) is 17.0 Å². The molecule has 0 bridgehead atoms. The molecule has 0 radical (unpaired) electrons. The smallest absolute Gasteiger partial charge is 0.408 e. The van der Waals surface area contributed by atoms with Gasteiger partial charge >= 0.3 is 6.09 Å². The zero-order valence-electron chi connectivity index (χ0n) is 16.6. The number of benzene rings is 2. The maximum atomic E-state index is 12.4. The number of anilines is 1. The quantitative estimate of drug-likeness (QED) is 0.657. The van der Waals surface area contributed by atoms with Crippen molar-refractivity contribution in [2.24, 2.45) is 0 Å². The Kier molecular flexibility index (Phi) is 5.62. The van der Waals surface area contributed by atoms with Crippen LogP contribution >= 0.6 is 0 Å². The topological polar surface area (TPSA) is 80.5 Å². The second-order valence-corrected chi connectivity index (χ2v) is 7.54. The summed E-state index contributed by atoms with van der Waals surface area (Å²) in [5.41, 5.74) is 8.30. The van der Waals surface area contributed by atoms with Crippen LogP contribution in [0.5, 0.6) is 5.75 Å². The highest BCUT2D eigenvalue weighted by Gasteiger charge is 2.20. The molecule has 0 saturated carbocycles. The number of nitrogens with zero attached hydrogens (tertiary/aromatic N) is 2. The molecule has 6 heteroatoms. The molecule has 3 N–H and O–H groups in total. The first-order valence-corrected chi connectivity index (χ1v) is 10.0. The molecule has 4 rings (SSSR count). The minimum atomic E-state index is -0.448. The van der Waals surface area contributed by atoms with Gasteiger partial charge in [0.2, 0.25) is 0 Å². The summed E-state index contributed by atoms with van der Waals surface area (Å²) in [5, 5.41) is 4.68. The number of aromatic nitrogens is 1. The molecule has 29 heavy (non-hydrogen) atoms. The fourth-order valence-corrected chi connectivity index (χ4v) is 3.86. The number of carbonyl (C=O) groups excluding carboxylic acids is 1. The van der Waals surface area contributed by atoms with Gasteiger partial charge in [0.25, 0.3) is 0 Å². The van der Waals surface area contributed by atoms with Gasteiger partial charge in [0.05, 0.1) is 11.9 Å². The summed E-state index contributed by atoms with van der Waals surface area (Å²) < 4.78 is 5.61. The van der Waals surface area contributed by atoms with E-state index in [1.54, 1.807) is 6.20 Å². The third-order valence-corrected chi connectivity index (χ3v) is 5.55. The average Bonchev–Trinajstić information content (AvgIpc) is 2.74. The van der Waals surface area contributed by atoms with E-state index in [1.165, 1.54) is 12.8 Å². The number of nitrogens with two attached hydrogens (primary N) is 1. The van der Waals surface area contributed by atoms with Crippen LogP contribution in [0, 0.1) is 0 Å². The Morgan fingerprint density at radius 1 is 1.17 bits per heavy atom. The molecule has 1 aliphatic rings. The van der Waals surface area contributed by atoms with Gasteiger partial charge in [-0.3, -0.25) is 4.98 Å². The van der Waals surface area contributed by atoms with Crippen LogP contribution < -0.4 is 15.8 Å². The van der Waals surface area contributed by atoms with Crippen molar-refractivity contribution in [1.82, 2.24) is 15.2 Å². The Hall–Kier alpha value is -3.12. The van der Waals surface area contributed by atoms with E-state index in [1.807, 2.05) is 48.5 Å². The van der Waals surface area contributed by atoms with Crippen LogP contribution in [0.15, 0.2) is 54.7 Å². The van der Waals surface area contributed by atoms with Gasteiger partial charge in [-0.05, 0) is 38.6 Å². The molecular formula is C23H26N4O2. The molecule has 0 aliphatic carbocycles. The van der Waals surface area contributed by atoms with Crippen LogP contribution in [-0.2, 0) is 0 Å². The molecule has 3 aromatic rings. The normalized spacial score (nSPS) is 17.2. The van der Waals surface area contributed by atoms with E-state index < -0.39 is 6.09 Å². The number of nitrogens with one attached hydrogen (secondary N) is 1. The number of hydrogen-bond acceptors (Lipinski definition) is 5. The number of pyridine rings is 1. The molecule has 2 heterocycles. The largest absolute Gasteiger partial charge is 0.412 e. The Morgan fingerprint density at radius 2 is 1.93 bits per heavy atom. The SMILES string of the molecule is CN1CCCCC1CNC(=O)Oc1cnc(-c2ccc(N)cc2)c2ccccc12. The van der Waals surface area contributed by atoms with Gasteiger partial charge in [0.1, 0.15) is 0 Å². The summed E-state index contributed by atoms with van der Waals surface area (Å²) in [6.45, 7) is 1.66. The lowest BCUT2D eigenvalue weighted by atomic mass is 10.0. The van der Waals surface area contributed by atoms with Crippen molar-refractivity contribution in [2.45, 2.75) is 25.3 Å². The lowest BCUT2D eigenvalue weighted by Crippen LogP contribution is -2.45. The van der Waals surface area contributed by atoms with Crippen molar-refractivity contribution >= 4 is 22.6 Å². The Bertz CT molecular complexity index is 1000. The molecule has 1 amide bonds. The monoisotopic (exact) mass is 390 g/mol. The van der Waals surface area contributed by atoms with Crippen molar-refractivity contribution in [2.75, 3.05) is 25.9 Å². The Morgan fingerprint density at radius 3 is 2.69 bits per heavy atom. The number of fused-ring (bicyclic) bond motifs is 1. The highest BCUT2D eigenvalue weighted by atomic mass is 16.6. The standard InChI is InChI=1S/C23H26N4O2/c1-27-13-5-4-6-18(27)14-26-23(28)29-21-15-25-22(16-9-11-17(24)12-10-16)20-8-3-2-7-19(20)21/h2-3,7-12,15,18H,4-6,13-14,24H2,1H3,(H,26,28). The fourth-order valence-electron chi connectivity index (χ4n) is 3.86. The van der Waals surface area contributed by atoms with Crippen LogP contribution in [0.25, 0.3) is 22.0 Å². The maximum absolute atomic E-state index is 12.4. The van der Waals surface area contributed by atoms with Crippen LogP contribution in [-0.4, -0.2) is 42.2 Å². The summed E-state index contributed by atoms with van der Waals surface area (Å²) >= 11 is 0.